The van der Waals surface area contributed by atoms with Crippen LogP contribution in [-0.4, -0.2) is 34.6 Å². The first-order chi connectivity index (χ1) is 10.2. The predicted molar refractivity (Wildman–Crippen MR) is 77.3 cm³/mol. The molecule has 0 radical (unpaired) electrons. The zero-order valence-electron chi connectivity index (χ0n) is 11.7. The SMILES string of the molecule is COc1ccnc(C(=O)NCCCc2cccnc2)c1O. The molecule has 21 heavy (non-hydrogen) atoms. The number of hydrogen-bond acceptors (Lipinski definition) is 5. The van der Waals surface area contributed by atoms with Crippen LogP contribution in [-0.2, 0) is 6.42 Å². The quantitative estimate of drug-likeness (QED) is 0.788. The minimum Gasteiger partial charge on any atom is -0.503 e. The van der Waals surface area contributed by atoms with Crippen molar-refractivity contribution in [2.75, 3.05) is 13.7 Å². The Labute approximate surface area is 122 Å². The van der Waals surface area contributed by atoms with Gasteiger partial charge in [-0.25, -0.2) is 4.98 Å². The third kappa shape index (κ3) is 3.92. The van der Waals surface area contributed by atoms with Crippen LogP contribution in [0.5, 0.6) is 11.5 Å². The van der Waals surface area contributed by atoms with E-state index in [1.54, 1.807) is 12.4 Å². The molecule has 2 aromatic heterocycles. The largest absolute Gasteiger partial charge is 0.503 e. The van der Waals surface area contributed by atoms with Crippen molar-refractivity contribution in [2.45, 2.75) is 12.8 Å². The van der Waals surface area contributed by atoms with Gasteiger partial charge in [0.25, 0.3) is 5.91 Å². The summed E-state index contributed by atoms with van der Waals surface area (Å²) >= 11 is 0. The Bertz CT molecular complexity index is 602. The second kappa shape index (κ2) is 7.23. The lowest BCUT2D eigenvalue weighted by Crippen LogP contribution is -2.25. The number of carbonyl (C=O) groups is 1. The molecule has 0 fully saturated rings. The summed E-state index contributed by atoms with van der Waals surface area (Å²) in [5.41, 5.74) is 1.09. The van der Waals surface area contributed by atoms with Crippen LogP contribution in [0.4, 0.5) is 0 Å². The van der Waals surface area contributed by atoms with Crippen molar-refractivity contribution in [2.24, 2.45) is 0 Å². The minimum absolute atomic E-state index is 0.0317. The van der Waals surface area contributed by atoms with Gasteiger partial charge in [-0.1, -0.05) is 6.07 Å². The Hall–Kier alpha value is -2.63. The van der Waals surface area contributed by atoms with Gasteiger partial charge < -0.3 is 15.2 Å². The van der Waals surface area contributed by atoms with Crippen molar-refractivity contribution in [1.29, 1.82) is 0 Å². The zero-order valence-corrected chi connectivity index (χ0v) is 11.7. The third-order valence-corrected chi connectivity index (χ3v) is 2.97. The van der Waals surface area contributed by atoms with Gasteiger partial charge in [0.15, 0.2) is 17.2 Å². The lowest BCUT2D eigenvalue weighted by atomic mass is 10.1. The molecule has 0 spiro atoms. The van der Waals surface area contributed by atoms with Gasteiger partial charge in [-0.15, -0.1) is 0 Å². The number of amides is 1. The molecule has 2 N–H and O–H groups in total. The summed E-state index contributed by atoms with van der Waals surface area (Å²) in [6, 6.07) is 5.37. The van der Waals surface area contributed by atoms with Gasteiger partial charge in [-0.05, 0) is 24.5 Å². The number of hydrogen-bond donors (Lipinski definition) is 2. The normalized spacial score (nSPS) is 10.1. The molecule has 0 saturated heterocycles. The molecule has 1 amide bonds. The Morgan fingerprint density at radius 3 is 2.95 bits per heavy atom. The van der Waals surface area contributed by atoms with Crippen LogP contribution in [0.2, 0.25) is 0 Å². The Balaban J connectivity index is 1.85. The van der Waals surface area contributed by atoms with Crippen LogP contribution in [0.25, 0.3) is 0 Å². The van der Waals surface area contributed by atoms with E-state index < -0.39 is 5.91 Å². The van der Waals surface area contributed by atoms with Gasteiger partial charge >= 0.3 is 0 Å². The average Bonchev–Trinajstić information content (AvgIpc) is 2.52. The maximum absolute atomic E-state index is 11.9. The van der Waals surface area contributed by atoms with Crippen LogP contribution >= 0.6 is 0 Å². The number of carbonyl (C=O) groups excluding carboxylic acids is 1. The van der Waals surface area contributed by atoms with E-state index in [2.05, 4.69) is 15.3 Å². The summed E-state index contributed by atoms with van der Waals surface area (Å²) in [6.45, 7) is 0.492. The lowest BCUT2D eigenvalue weighted by molar-refractivity contribution is 0.0944. The van der Waals surface area contributed by atoms with Crippen LogP contribution in [0.1, 0.15) is 22.5 Å². The average molecular weight is 287 g/mol. The molecular formula is C15H17N3O3. The van der Waals surface area contributed by atoms with Gasteiger partial charge in [0.2, 0.25) is 0 Å². The molecular weight excluding hydrogens is 270 g/mol. The van der Waals surface area contributed by atoms with Crippen molar-refractivity contribution < 1.29 is 14.6 Å². The van der Waals surface area contributed by atoms with Gasteiger partial charge in [-0.3, -0.25) is 9.78 Å². The van der Waals surface area contributed by atoms with E-state index in [1.165, 1.54) is 19.4 Å². The number of rotatable bonds is 6. The maximum Gasteiger partial charge on any atom is 0.273 e. The molecule has 0 bridgehead atoms. The molecule has 110 valence electrons. The van der Waals surface area contributed by atoms with E-state index in [-0.39, 0.29) is 17.2 Å². The fourth-order valence-electron chi connectivity index (χ4n) is 1.89. The molecule has 6 heteroatoms. The summed E-state index contributed by atoms with van der Waals surface area (Å²) in [5.74, 6) is -0.437. The molecule has 2 rings (SSSR count). The Morgan fingerprint density at radius 1 is 1.38 bits per heavy atom. The van der Waals surface area contributed by atoms with Crippen molar-refractivity contribution >= 4 is 5.91 Å². The van der Waals surface area contributed by atoms with Crippen molar-refractivity contribution in [3.8, 4) is 11.5 Å². The standard InChI is InChI=1S/C15H17N3O3/c1-21-12-6-9-17-13(14(12)19)15(20)18-8-3-5-11-4-2-7-16-10-11/h2,4,6-7,9-10,19H,3,5,8H2,1H3,(H,18,20). The first kappa shape index (κ1) is 14.8. The smallest absolute Gasteiger partial charge is 0.273 e. The van der Waals surface area contributed by atoms with E-state index >= 15 is 0 Å². The Kier molecular flexibility index (Phi) is 5.09. The highest BCUT2D eigenvalue weighted by Crippen LogP contribution is 2.27. The summed E-state index contributed by atoms with van der Waals surface area (Å²) < 4.78 is 4.94. The van der Waals surface area contributed by atoms with Gasteiger partial charge in [-0.2, -0.15) is 0 Å². The number of nitrogens with one attached hydrogen (secondary N) is 1. The second-order valence-electron chi connectivity index (χ2n) is 4.43. The van der Waals surface area contributed by atoms with E-state index in [0.717, 1.165) is 18.4 Å². The van der Waals surface area contributed by atoms with E-state index in [9.17, 15) is 9.90 Å². The van der Waals surface area contributed by atoms with Gasteiger partial charge in [0.1, 0.15) is 0 Å². The molecule has 0 aliphatic rings. The highest BCUT2D eigenvalue weighted by Gasteiger charge is 2.15. The van der Waals surface area contributed by atoms with E-state index in [1.807, 2.05) is 12.1 Å². The Morgan fingerprint density at radius 2 is 2.24 bits per heavy atom. The van der Waals surface area contributed by atoms with E-state index in [4.69, 9.17) is 4.74 Å². The summed E-state index contributed by atoms with van der Waals surface area (Å²) in [6.07, 6.45) is 6.55. The van der Waals surface area contributed by atoms with Crippen LogP contribution in [0.15, 0.2) is 36.8 Å². The number of aromatic nitrogens is 2. The first-order valence-electron chi connectivity index (χ1n) is 6.61. The molecule has 0 atom stereocenters. The number of aromatic hydroxyl groups is 1. The maximum atomic E-state index is 11.9. The number of pyridine rings is 2. The topological polar surface area (TPSA) is 84.3 Å². The molecule has 0 saturated carbocycles. The fourth-order valence-corrected chi connectivity index (χ4v) is 1.89. The predicted octanol–water partition coefficient (Wildman–Crippen LogP) is 1.55. The fraction of sp³-hybridized carbons (Fsp3) is 0.267. The van der Waals surface area contributed by atoms with Crippen LogP contribution in [0.3, 0.4) is 0 Å². The summed E-state index contributed by atoms with van der Waals surface area (Å²) in [4.78, 5) is 19.8. The highest BCUT2D eigenvalue weighted by molar-refractivity contribution is 5.95. The number of nitrogens with zero attached hydrogens (tertiary/aromatic N) is 2. The second-order valence-corrected chi connectivity index (χ2v) is 4.43. The monoisotopic (exact) mass is 287 g/mol. The first-order valence-corrected chi connectivity index (χ1v) is 6.61. The molecule has 0 aliphatic heterocycles. The zero-order chi connectivity index (χ0) is 15.1. The molecule has 6 nitrogen and oxygen atoms in total. The lowest BCUT2D eigenvalue weighted by Gasteiger charge is -2.08. The third-order valence-electron chi connectivity index (χ3n) is 2.97. The van der Waals surface area contributed by atoms with Crippen LogP contribution in [0, 0.1) is 0 Å². The summed E-state index contributed by atoms with van der Waals surface area (Å²) in [7, 11) is 1.42. The van der Waals surface area contributed by atoms with Gasteiger partial charge in [0.05, 0.1) is 7.11 Å². The van der Waals surface area contributed by atoms with Gasteiger partial charge in [0, 0.05) is 31.2 Å². The van der Waals surface area contributed by atoms with Crippen molar-refractivity contribution in [3.63, 3.8) is 0 Å². The minimum atomic E-state index is -0.419. The number of aryl methyl sites for hydroxylation is 1. The summed E-state index contributed by atoms with van der Waals surface area (Å²) in [5, 5.41) is 12.6. The molecule has 0 aliphatic carbocycles. The molecule has 2 aromatic rings. The molecule has 0 unspecified atom stereocenters. The van der Waals surface area contributed by atoms with Crippen LogP contribution < -0.4 is 10.1 Å². The molecule has 0 aromatic carbocycles. The number of ether oxygens (including phenoxy) is 1. The van der Waals surface area contributed by atoms with E-state index in [0.29, 0.717) is 6.54 Å². The molecule has 2 heterocycles. The van der Waals surface area contributed by atoms with Crippen molar-refractivity contribution in [3.05, 3.63) is 48.0 Å². The number of methoxy groups -OCH3 is 1. The highest BCUT2D eigenvalue weighted by atomic mass is 16.5. The van der Waals surface area contributed by atoms with Crippen molar-refractivity contribution in [1.82, 2.24) is 15.3 Å².